The van der Waals surface area contributed by atoms with Crippen molar-refractivity contribution in [3.8, 4) is 5.75 Å². The van der Waals surface area contributed by atoms with Crippen LogP contribution in [0.1, 0.15) is 38.3 Å². The summed E-state index contributed by atoms with van der Waals surface area (Å²) in [6.45, 7) is 4.05. The molecule has 4 aromatic rings. The minimum atomic E-state index is -0.439. The zero-order chi connectivity index (χ0) is 22.5. The number of esters is 1. The van der Waals surface area contributed by atoms with Crippen LogP contribution in [0.2, 0.25) is 0 Å². The van der Waals surface area contributed by atoms with E-state index < -0.39 is 5.97 Å². The van der Waals surface area contributed by atoms with E-state index in [0.29, 0.717) is 33.6 Å². The van der Waals surface area contributed by atoms with Gasteiger partial charge in [0.05, 0.1) is 23.5 Å². The van der Waals surface area contributed by atoms with Crippen LogP contribution in [0.4, 0.5) is 5.13 Å². The first-order valence-corrected chi connectivity index (χ1v) is 10.9. The minimum absolute atomic E-state index is 0.281. The number of aryl methyl sites for hydroxylation is 1. The third kappa shape index (κ3) is 4.92. The molecule has 2 heterocycles. The van der Waals surface area contributed by atoms with Crippen LogP contribution in [0.5, 0.6) is 5.75 Å². The predicted octanol–water partition coefficient (Wildman–Crippen LogP) is 5.01. The molecule has 0 spiro atoms. The largest absolute Gasteiger partial charge is 0.487 e. The van der Waals surface area contributed by atoms with Crippen LogP contribution in [0.3, 0.4) is 0 Å². The molecular weight excluding hydrogens is 426 g/mol. The van der Waals surface area contributed by atoms with Crippen LogP contribution in [0.25, 0.3) is 10.9 Å². The predicted molar refractivity (Wildman–Crippen MR) is 123 cm³/mol. The highest BCUT2D eigenvalue weighted by Crippen LogP contribution is 2.24. The number of aromatic nitrogens is 2. The number of fused-ring (bicyclic) bond motifs is 1. The number of para-hydroxylation sites is 1. The van der Waals surface area contributed by atoms with Crippen molar-refractivity contribution in [3.63, 3.8) is 0 Å². The van der Waals surface area contributed by atoms with Crippen molar-refractivity contribution in [2.75, 3.05) is 11.9 Å². The Morgan fingerprint density at radius 1 is 1.00 bits per heavy atom. The Labute approximate surface area is 189 Å². The van der Waals surface area contributed by atoms with Gasteiger partial charge in [-0.05, 0) is 50.2 Å². The van der Waals surface area contributed by atoms with E-state index in [2.05, 4.69) is 15.3 Å². The molecule has 0 unspecified atom stereocenters. The van der Waals surface area contributed by atoms with Gasteiger partial charge < -0.3 is 9.47 Å². The normalized spacial score (nSPS) is 10.7. The molecule has 0 saturated heterocycles. The van der Waals surface area contributed by atoms with Gasteiger partial charge in [0.25, 0.3) is 5.91 Å². The Morgan fingerprint density at radius 2 is 1.78 bits per heavy atom. The van der Waals surface area contributed by atoms with Crippen LogP contribution in [0.15, 0.2) is 60.7 Å². The molecule has 0 aliphatic carbocycles. The summed E-state index contributed by atoms with van der Waals surface area (Å²) < 4.78 is 10.8. The number of carbonyl (C=O) groups is 2. The Bertz CT molecular complexity index is 1270. The summed E-state index contributed by atoms with van der Waals surface area (Å²) in [4.78, 5) is 33.7. The molecule has 162 valence electrons. The third-order valence-electron chi connectivity index (χ3n) is 4.64. The zero-order valence-corrected chi connectivity index (χ0v) is 18.4. The number of rotatable bonds is 7. The van der Waals surface area contributed by atoms with Crippen molar-refractivity contribution in [3.05, 3.63) is 82.5 Å². The van der Waals surface area contributed by atoms with E-state index in [9.17, 15) is 9.59 Å². The SMILES string of the molecule is CCOC(=O)c1sc(NC(=O)c2ccc(OCc3ccc4ccccc4n3)cc2)nc1C. The highest BCUT2D eigenvalue weighted by atomic mass is 32.1. The van der Waals surface area contributed by atoms with E-state index in [-0.39, 0.29) is 12.5 Å². The second kappa shape index (κ2) is 9.57. The third-order valence-corrected chi connectivity index (χ3v) is 5.69. The zero-order valence-electron chi connectivity index (χ0n) is 17.6. The van der Waals surface area contributed by atoms with E-state index >= 15 is 0 Å². The quantitative estimate of drug-likeness (QED) is 0.401. The molecule has 4 rings (SSSR count). The maximum atomic E-state index is 12.5. The summed E-state index contributed by atoms with van der Waals surface area (Å²) in [6.07, 6.45) is 0. The van der Waals surface area contributed by atoms with Gasteiger partial charge in [0.2, 0.25) is 0 Å². The van der Waals surface area contributed by atoms with Gasteiger partial charge in [0.15, 0.2) is 5.13 Å². The van der Waals surface area contributed by atoms with E-state index in [0.717, 1.165) is 27.9 Å². The lowest BCUT2D eigenvalue weighted by molar-refractivity contribution is 0.0531. The van der Waals surface area contributed by atoms with Crippen LogP contribution < -0.4 is 10.1 Å². The number of nitrogens with one attached hydrogen (secondary N) is 1. The summed E-state index contributed by atoms with van der Waals surface area (Å²) in [5, 5.41) is 4.15. The lowest BCUT2D eigenvalue weighted by Gasteiger charge is -2.08. The molecule has 32 heavy (non-hydrogen) atoms. The van der Waals surface area contributed by atoms with Crippen molar-refractivity contribution in [1.82, 2.24) is 9.97 Å². The number of benzene rings is 2. The molecule has 2 aromatic heterocycles. The monoisotopic (exact) mass is 447 g/mol. The first-order chi connectivity index (χ1) is 15.5. The van der Waals surface area contributed by atoms with E-state index in [1.54, 1.807) is 38.1 Å². The van der Waals surface area contributed by atoms with E-state index in [4.69, 9.17) is 9.47 Å². The Balaban J connectivity index is 1.37. The summed E-state index contributed by atoms with van der Waals surface area (Å²) >= 11 is 1.09. The molecule has 0 bridgehead atoms. The highest BCUT2D eigenvalue weighted by molar-refractivity contribution is 7.17. The molecule has 1 amide bonds. The van der Waals surface area contributed by atoms with Crippen LogP contribution >= 0.6 is 11.3 Å². The topological polar surface area (TPSA) is 90.4 Å². The number of nitrogens with zero attached hydrogens (tertiary/aromatic N) is 2. The second-order valence-electron chi connectivity index (χ2n) is 6.92. The fourth-order valence-electron chi connectivity index (χ4n) is 3.05. The summed E-state index contributed by atoms with van der Waals surface area (Å²) in [5.41, 5.74) is 2.72. The molecule has 0 fully saturated rings. The van der Waals surface area contributed by atoms with Gasteiger partial charge in [-0.1, -0.05) is 35.6 Å². The van der Waals surface area contributed by atoms with Crippen molar-refractivity contribution >= 4 is 39.2 Å². The summed E-state index contributed by atoms with van der Waals surface area (Å²) in [5.74, 6) is -0.131. The number of anilines is 1. The average molecular weight is 448 g/mol. The number of thiazole rings is 1. The molecule has 7 nitrogen and oxygen atoms in total. The Kier molecular flexibility index (Phi) is 6.42. The summed E-state index contributed by atoms with van der Waals surface area (Å²) in [7, 11) is 0. The molecule has 0 atom stereocenters. The summed E-state index contributed by atoms with van der Waals surface area (Å²) in [6, 6.07) is 18.7. The highest BCUT2D eigenvalue weighted by Gasteiger charge is 2.18. The Morgan fingerprint density at radius 3 is 2.56 bits per heavy atom. The molecule has 8 heteroatoms. The van der Waals surface area contributed by atoms with Gasteiger partial charge in [-0.25, -0.2) is 14.8 Å². The molecule has 0 aliphatic rings. The van der Waals surface area contributed by atoms with Crippen LogP contribution in [0, 0.1) is 6.92 Å². The number of amides is 1. The molecule has 2 aromatic carbocycles. The maximum absolute atomic E-state index is 12.5. The first kappa shape index (κ1) is 21.5. The lowest BCUT2D eigenvalue weighted by Crippen LogP contribution is -2.11. The van der Waals surface area contributed by atoms with Gasteiger partial charge >= 0.3 is 5.97 Å². The van der Waals surface area contributed by atoms with Gasteiger partial charge in [0.1, 0.15) is 17.2 Å². The van der Waals surface area contributed by atoms with Crippen molar-refractivity contribution < 1.29 is 19.1 Å². The second-order valence-corrected chi connectivity index (χ2v) is 7.92. The van der Waals surface area contributed by atoms with Gasteiger partial charge in [-0.2, -0.15) is 0 Å². The molecule has 0 aliphatic heterocycles. The molecule has 1 N–H and O–H groups in total. The van der Waals surface area contributed by atoms with Gasteiger partial charge in [-0.3, -0.25) is 10.1 Å². The van der Waals surface area contributed by atoms with Crippen LogP contribution in [-0.2, 0) is 11.3 Å². The fourth-order valence-corrected chi connectivity index (χ4v) is 3.91. The number of carbonyl (C=O) groups excluding carboxylic acids is 2. The fraction of sp³-hybridized carbons (Fsp3) is 0.167. The molecule has 0 saturated carbocycles. The van der Waals surface area contributed by atoms with Gasteiger partial charge in [0, 0.05) is 10.9 Å². The lowest BCUT2D eigenvalue weighted by atomic mass is 10.2. The van der Waals surface area contributed by atoms with E-state index in [1.165, 1.54) is 0 Å². The van der Waals surface area contributed by atoms with E-state index in [1.807, 2.05) is 36.4 Å². The minimum Gasteiger partial charge on any atom is -0.487 e. The average Bonchev–Trinajstić information content (AvgIpc) is 3.18. The maximum Gasteiger partial charge on any atom is 0.350 e. The molecule has 0 radical (unpaired) electrons. The van der Waals surface area contributed by atoms with Crippen molar-refractivity contribution in [2.24, 2.45) is 0 Å². The first-order valence-electron chi connectivity index (χ1n) is 10.1. The number of hydrogen-bond acceptors (Lipinski definition) is 7. The molecular formula is C24H21N3O4S. The standard InChI is InChI=1S/C24H21N3O4S/c1-3-30-23(29)21-15(2)25-24(32-21)27-22(28)17-9-12-19(13-10-17)31-14-18-11-8-16-6-4-5-7-20(16)26-18/h4-13H,3,14H2,1-2H3,(H,25,27,28). The number of hydrogen-bond donors (Lipinski definition) is 1. The number of ether oxygens (including phenoxy) is 2. The van der Waals surface area contributed by atoms with Gasteiger partial charge in [-0.15, -0.1) is 0 Å². The van der Waals surface area contributed by atoms with Crippen molar-refractivity contribution in [1.29, 1.82) is 0 Å². The smallest absolute Gasteiger partial charge is 0.350 e. The Hall–Kier alpha value is -3.78. The van der Waals surface area contributed by atoms with Crippen molar-refractivity contribution in [2.45, 2.75) is 20.5 Å². The number of pyridine rings is 1. The van der Waals surface area contributed by atoms with Crippen LogP contribution in [-0.4, -0.2) is 28.5 Å².